The molecule has 0 amide bonds. The number of nitrogens with zero attached hydrogens (tertiary/aromatic N) is 4. The van der Waals surface area contributed by atoms with Crippen molar-refractivity contribution in [1.82, 2.24) is 0 Å². The molecule has 0 aliphatic heterocycles. The van der Waals surface area contributed by atoms with Crippen molar-refractivity contribution >= 4 is 0 Å². The molecule has 6 rings (SSSR count). The monoisotopic (exact) mass is 422 g/mol. The lowest BCUT2D eigenvalue weighted by atomic mass is 9.57. The minimum Gasteiger partial charge on any atom is -0.196 e. The van der Waals surface area contributed by atoms with Crippen molar-refractivity contribution in [1.29, 1.82) is 21.0 Å². The molecule has 0 unspecified atom stereocenters. The van der Waals surface area contributed by atoms with Crippen molar-refractivity contribution in [3.63, 3.8) is 0 Å². The molecule has 4 heteroatoms. The first-order valence-electron chi connectivity index (χ1n) is 11.0. The van der Waals surface area contributed by atoms with Crippen LogP contribution in [0.4, 0.5) is 0 Å². The van der Waals surface area contributed by atoms with Gasteiger partial charge in [-0.25, -0.2) is 0 Å². The maximum atomic E-state index is 9.87. The summed E-state index contributed by atoms with van der Waals surface area (Å²) in [6.45, 7) is 0. The second-order valence-electron chi connectivity index (χ2n) is 9.53. The zero-order chi connectivity index (χ0) is 22.8. The first-order chi connectivity index (χ1) is 16.0. The van der Waals surface area contributed by atoms with E-state index in [1.54, 1.807) is 0 Å². The zero-order valence-corrected chi connectivity index (χ0v) is 17.9. The standard InChI is InChI=1S/C29H18N4/c30-15-27(16-31)11-19-9-21-13-29(14-22(21)10-20(19)12-28(27,17-32)18-33)25-7-3-1-5-23(25)24-6-2-4-8-26(24)29/h1-10H,11-14H2. The van der Waals surface area contributed by atoms with Gasteiger partial charge in [0, 0.05) is 18.3 Å². The second-order valence-corrected chi connectivity index (χ2v) is 9.53. The van der Waals surface area contributed by atoms with Gasteiger partial charge >= 0.3 is 0 Å². The van der Waals surface area contributed by atoms with E-state index < -0.39 is 10.8 Å². The summed E-state index contributed by atoms with van der Waals surface area (Å²) in [5.74, 6) is 0. The van der Waals surface area contributed by atoms with E-state index in [-0.39, 0.29) is 18.3 Å². The molecule has 0 bridgehead atoms. The first kappa shape index (κ1) is 19.3. The van der Waals surface area contributed by atoms with Crippen LogP contribution in [0.5, 0.6) is 0 Å². The lowest BCUT2D eigenvalue weighted by Crippen LogP contribution is -2.45. The van der Waals surface area contributed by atoms with E-state index >= 15 is 0 Å². The highest BCUT2D eigenvalue weighted by molar-refractivity contribution is 5.82. The molecule has 0 N–H and O–H groups in total. The van der Waals surface area contributed by atoms with E-state index in [0.717, 1.165) is 24.0 Å². The quantitative estimate of drug-likeness (QED) is 0.514. The third-order valence-electron chi connectivity index (χ3n) is 8.08. The van der Waals surface area contributed by atoms with Crippen LogP contribution in [-0.2, 0) is 31.1 Å². The highest BCUT2D eigenvalue weighted by Gasteiger charge is 2.58. The van der Waals surface area contributed by atoms with Gasteiger partial charge in [0.2, 0.25) is 0 Å². The average molecular weight is 422 g/mol. The molecule has 0 saturated heterocycles. The van der Waals surface area contributed by atoms with Crippen molar-refractivity contribution in [3.05, 3.63) is 94.0 Å². The van der Waals surface area contributed by atoms with Crippen molar-refractivity contribution < 1.29 is 0 Å². The van der Waals surface area contributed by atoms with Gasteiger partial charge in [-0.1, -0.05) is 60.7 Å². The maximum absolute atomic E-state index is 9.87. The van der Waals surface area contributed by atoms with Crippen LogP contribution in [-0.4, -0.2) is 0 Å². The molecule has 3 aliphatic rings. The summed E-state index contributed by atoms with van der Waals surface area (Å²) in [6.07, 6.45) is 1.92. The fourth-order valence-corrected chi connectivity index (χ4v) is 6.42. The largest absolute Gasteiger partial charge is 0.196 e. The highest BCUT2D eigenvalue weighted by atomic mass is 14.6. The highest BCUT2D eigenvalue weighted by Crippen LogP contribution is 2.56. The predicted molar refractivity (Wildman–Crippen MR) is 121 cm³/mol. The predicted octanol–water partition coefficient (Wildman–Crippen LogP) is 4.92. The van der Waals surface area contributed by atoms with Gasteiger partial charge in [-0.2, -0.15) is 21.0 Å². The molecule has 1 spiro atoms. The molecular weight excluding hydrogens is 404 g/mol. The molecule has 3 aliphatic carbocycles. The van der Waals surface area contributed by atoms with Crippen LogP contribution in [0.2, 0.25) is 0 Å². The molecule has 0 atom stereocenters. The summed E-state index contributed by atoms with van der Waals surface area (Å²) >= 11 is 0. The van der Waals surface area contributed by atoms with Gasteiger partial charge in [-0.15, -0.1) is 0 Å². The Morgan fingerprint density at radius 3 is 1.27 bits per heavy atom. The SMILES string of the molecule is N#CC1(C#N)Cc2cc3c(cc2CC1(C#N)C#N)CC1(C3)c2ccccc2-c2ccccc21. The molecule has 154 valence electrons. The summed E-state index contributed by atoms with van der Waals surface area (Å²) in [4.78, 5) is 0. The van der Waals surface area contributed by atoms with Crippen LogP contribution in [0.15, 0.2) is 60.7 Å². The van der Waals surface area contributed by atoms with Gasteiger partial charge < -0.3 is 0 Å². The van der Waals surface area contributed by atoms with E-state index in [9.17, 15) is 21.0 Å². The second kappa shape index (κ2) is 6.33. The number of nitriles is 4. The molecular formula is C29H18N4. The normalized spacial score (nSPS) is 19.0. The third kappa shape index (κ3) is 2.21. The molecule has 33 heavy (non-hydrogen) atoms. The van der Waals surface area contributed by atoms with Gasteiger partial charge in [-0.05, 0) is 57.3 Å². The molecule has 3 aromatic carbocycles. The van der Waals surface area contributed by atoms with E-state index in [4.69, 9.17) is 0 Å². The number of hydrogen-bond donors (Lipinski definition) is 0. The lowest BCUT2D eigenvalue weighted by Gasteiger charge is -2.37. The number of hydrogen-bond acceptors (Lipinski definition) is 4. The van der Waals surface area contributed by atoms with Gasteiger partial charge in [0.1, 0.15) is 0 Å². The Balaban J connectivity index is 1.52. The van der Waals surface area contributed by atoms with E-state index in [1.807, 2.05) is 24.3 Å². The Hall–Kier alpha value is -4.38. The Bertz CT molecular complexity index is 1390. The fourth-order valence-electron chi connectivity index (χ4n) is 6.42. The summed E-state index contributed by atoms with van der Waals surface area (Å²) in [7, 11) is 0. The van der Waals surface area contributed by atoms with Crippen LogP contribution in [0, 0.1) is 56.2 Å². The smallest absolute Gasteiger partial charge is 0.179 e. The Morgan fingerprint density at radius 2 is 0.879 bits per heavy atom. The third-order valence-corrected chi connectivity index (χ3v) is 8.08. The molecule has 4 nitrogen and oxygen atoms in total. The Labute approximate surface area is 192 Å². The number of fused-ring (bicyclic) bond motifs is 7. The molecule has 0 fully saturated rings. The van der Waals surface area contributed by atoms with Crippen LogP contribution in [0.3, 0.4) is 0 Å². The first-order valence-corrected chi connectivity index (χ1v) is 11.0. The van der Waals surface area contributed by atoms with Crippen molar-refractivity contribution in [2.24, 2.45) is 10.8 Å². The topological polar surface area (TPSA) is 95.2 Å². The van der Waals surface area contributed by atoms with Gasteiger partial charge in [0.05, 0.1) is 24.3 Å². The maximum Gasteiger partial charge on any atom is 0.179 e. The summed E-state index contributed by atoms with van der Waals surface area (Å²) in [6, 6.07) is 29.6. The fraction of sp³-hybridized carbons (Fsp3) is 0.241. The molecule has 0 radical (unpaired) electrons. The molecule has 0 saturated carbocycles. The summed E-state index contributed by atoms with van der Waals surface area (Å²) in [5.41, 5.74) is 6.06. The Morgan fingerprint density at radius 1 is 0.515 bits per heavy atom. The van der Waals surface area contributed by atoms with Crippen LogP contribution in [0.25, 0.3) is 11.1 Å². The minimum absolute atomic E-state index is 0.101. The van der Waals surface area contributed by atoms with Crippen molar-refractivity contribution in [2.45, 2.75) is 31.1 Å². The average Bonchev–Trinajstić information content (AvgIpc) is 3.37. The lowest BCUT2D eigenvalue weighted by molar-refractivity contribution is 0.274. The number of rotatable bonds is 0. The zero-order valence-electron chi connectivity index (χ0n) is 17.9. The van der Waals surface area contributed by atoms with Crippen LogP contribution in [0.1, 0.15) is 33.4 Å². The van der Waals surface area contributed by atoms with E-state index in [2.05, 4.69) is 60.7 Å². The van der Waals surface area contributed by atoms with Gasteiger partial charge in [0.25, 0.3) is 0 Å². The minimum atomic E-state index is -1.67. The van der Waals surface area contributed by atoms with Gasteiger partial charge in [0.15, 0.2) is 10.8 Å². The van der Waals surface area contributed by atoms with Gasteiger partial charge in [-0.3, -0.25) is 0 Å². The van der Waals surface area contributed by atoms with Crippen molar-refractivity contribution in [2.75, 3.05) is 0 Å². The number of benzene rings is 3. The summed E-state index contributed by atoms with van der Waals surface area (Å²) in [5, 5.41) is 39.5. The van der Waals surface area contributed by atoms with Crippen LogP contribution < -0.4 is 0 Å². The van der Waals surface area contributed by atoms with E-state index in [0.29, 0.717) is 0 Å². The summed E-state index contributed by atoms with van der Waals surface area (Å²) < 4.78 is 0. The molecule has 0 heterocycles. The van der Waals surface area contributed by atoms with Crippen LogP contribution >= 0.6 is 0 Å². The molecule has 3 aromatic rings. The van der Waals surface area contributed by atoms with Crippen molar-refractivity contribution in [3.8, 4) is 35.4 Å². The van der Waals surface area contributed by atoms with E-state index in [1.165, 1.54) is 33.4 Å². The Kier molecular flexibility index (Phi) is 3.70. The molecule has 0 aromatic heterocycles.